The molecule has 0 unspecified atom stereocenters. The van der Waals surface area contributed by atoms with Gasteiger partial charge in [0.05, 0.1) is 6.54 Å². The first-order valence-corrected chi connectivity index (χ1v) is 8.79. The van der Waals surface area contributed by atoms with E-state index >= 15 is 0 Å². The molecule has 0 radical (unpaired) electrons. The predicted octanol–water partition coefficient (Wildman–Crippen LogP) is 3.28. The van der Waals surface area contributed by atoms with E-state index in [2.05, 4.69) is 5.32 Å². The van der Waals surface area contributed by atoms with Crippen LogP contribution in [0, 0.1) is 0 Å². The minimum atomic E-state index is -0.587. The number of rotatable bonds is 7. The van der Waals surface area contributed by atoms with Crippen LogP contribution < -0.4 is 15.5 Å². The van der Waals surface area contributed by atoms with Gasteiger partial charge in [-0.25, -0.2) is 5.48 Å². The SMILES string of the molecule is O=C(NO)c1ccc(OCCNC(=O)c2ccccc2-c2ccccc2)cc1. The fourth-order valence-electron chi connectivity index (χ4n) is 2.75. The molecule has 28 heavy (non-hydrogen) atoms. The second-order valence-electron chi connectivity index (χ2n) is 5.98. The van der Waals surface area contributed by atoms with Crippen molar-refractivity contribution in [2.45, 2.75) is 0 Å². The first-order valence-electron chi connectivity index (χ1n) is 8.79. The van der Waals surface area contributed by atoms with Gasteiger partial charge in [0.25, 0.3) is 11.8 Å². The van der Waals surface area contributed by atoms with Crippen LogP contribution in [0.4, 0.5) is 0 Å². The maximum absolute atomic E-state index is 12.6. The fourth-order valence-corrected chi connectivity index (χ4v) is 2.75. The lowest BCUT2D eigenvalue weighted by molar-refractivity contribution is 0.0706. The summed E-state index contributed by atoms with van der Waals surface area (Å²) in [4.78, 5) is 23.8. The number of hydrogen-bond donors (Lipinski definition) is 3. The molecule has 0 bridgehead atoms. The van der Waals surface area contributed by atoms with E-state index in [1.165, 1.54) is 12.1 Å². The first kappa shape index (κ1) is 19.1. The van der Waals surface area contributed by atoms with Crippen molar-refractivity contribution in [2.24, 2.45) is 0 Å². The number of nitrogens with one attached hydrogen (secondary N) is 2. The lowest BCUT2D eigenvalue weighted by Crippen LogP contribution is -2.28. The Balaban J connectivity index is 1.55. The summed E-state index contributed by atoms with van der Waals surface area (Å²) >= 11 is 0. The standard InChI is InChI=1S/C22H20N2O4/c25-21(24-27)17-10-12-18(13-11-17)28-15-14-23-22(26)20-9-5-4-8-19(20)16-6-2-1-3-7-16/h1-13,27H,14-15H2,(H,23,26)(H,24,25). The summed E-state index contributed by atoms with van der Waals surface area (Å²) in [6.07, 6.45) is 0. The highest BCUT2D eigenvalue weighted by atomic mass is 16.5. The van der Waals surface area contributed by atoms with Gasteiger partial charge in [-0.2, -0.15) is 0 Å². The Morgan fingerprint density at radius 2 is 1.50 bits per heavy atom. The van der Waals surface area contributed by atoms with E-state index in [9.17, 15) is 9.59 Å². The molecule has 2 amide bonds. The van der Waals surface area contributed by atoms with Crippen molar-refractivity contribution >= 4 is 11.8 Å². The zero-order valence-corrected chi connectivity index (χ0v) is 15.1. The largest absolute Gasteiger partial charge is 0.492 e. The third-order valence-corrected chi connectivity index (χ3v) is 4.13. The van der Waals surface area contributed by atoms with Gasteiger partial charge in [0, 0.05) is 11.1 Å². The third-order valence-electron chi connectivity index (χ3n) is 4.13. The summed E-state index contributed by atoms with van der Waals surface area (Å²) in [6.45, 7) is 0.617. The number of benzene rings is 3. The lowest BCUT2D eigenvalue weighted by atomic mass is 9.99. The smallest absolute Gasteiger partial charge is 0.274 e. The Morgan fingerprint density at radius 3 is 2.21 bits per heavy atom. The van der Waals surface area contributed by atoms with Gasteiger partial charge in [-0.1, -0.05) is 48.5 Å². The van der Waals surface area contributed by atoms with E-state index in [4.69, 9.17) is 9.94 Å². The van der Waals surface area contributed by atoms with Crippen LogP contribution in [-0.4, -0.2) is 30.2 Å². The van der Waals surface area contributed by atoms with Gasteiger partial charge >= 0.3 is 0 Å². The molecular weight excluding hydrogens is 356 g/mol. The highest BCUT2D eigenvalue weighted by molar-refractivity contribution is 6.00. The molecular formula is C22H20N2O4. The van der Waals surface area contributed by atoms with Crippen molar-refractivity contribution in [3.8, 4) is 16.9 Å². The Hall–Kier alpha value is -3.64. The monoisotopic (exact) mass is 376 g/mol. The van der Waals surface area contributed by atoms with Crippen molar-refractivity contribution in [3.05, 3.63) is 90.0 Å². The van der Waals surface area contributed by atoms with Gasteiger partial charge in [-0.3, -0.25) is 14.8 Å². The predicted molar refractivity (Wildman–Crippen MR) is 105 cm³/mol. The van der Waals surface area contributed by atoms with Crippen molar-refractivity contribution in [1.29, 1.82) is 0 Å². The number of hydrogen-bond acceptors (Lipinski definition) is 4. The molecule has 3 aromatic carbocycles. The lowest BCUT2D eigenvalue weighted by Gasteiger charge is -2.11. The molecule has 0 atom stereocenters. The van der Waals surface area contributed by atoms with Gasteiger partial charge < -0.3 is 10.1 Å². The summed E-state index contributed by atoms with van der Waals surface area (Å²) in [6, 6.07) is 23.5. The summed E-state index contributed by atoms with van der Waals surface area (Å²) in [5.41, 5.74) is 4.35. The first-order chi connectivity index (χ1) is 13.7. The maximum Gasteiger partial charge on any atom is 0.274 e. The van der Waals surface area contributed by atoms with E-state index < -0.39 is 5.91 Å². The second kappa shape index (κ2) is 9.34. The van der Waals surface area contributed by atoms with Crippen LogP contribution in [0.3, 0.4) is 0 Å². The van der Waals surface area contributed by atoms with Crippen LogP contribution in [0.25, 0.3) is 11.1 Å². The Kier molecular flexibility index (Phi) is 6.38. The highest BCUT2D eigenvalue weighted by Gasteiger charge is 2.11. The molecule has 0 saturated heterocycles. The Bertz CT molecular complexity index is 940. The van der Waals surface area contributed by atoms with Crippen LogP contribution in [0.1, 0.15) is 20.7 Å². The second-order valence-corrected chi connectivity index (χ2v) is 5.98. The van der Waals surface area contributed by atoms with Crippen molar-refractivity contribution in [3.63, 3.8) is 0 Å². The molecule has 0 saturated carbocycles. The molecule has 3 rings (SSSR count). The quantitative estimate of drug-likeness (QED) is 0.335. The number of carbonyl (C=O) groups excluding carboxylic acids is 2. The van der Waals surface area contributed by atoms with Gasteiger partial charge in [0.15, 0.2) is 0 Å². The molecule has 0 heterocycles. The zero-order valence-electron chi connectivity index (χ0n) is 15.1. The van der Waals surface area contributed by atoms with Crippen LogP contribution >= 0.6 is 0 Å². The number of carbonyl (C=O) groups is 2. The average molecular weight is 376 g/mol. The average Bonchev–Trinajstić information content (AvgIpc) is 2.77. The number of ether oxygens (including phenoxy) is 1. The minimum absolute atomic E-state index is 0.169. The van der Waals surface area contributed by atoms with Gasteiger partial charge in [0.1, 0.15) is 12.4 Å². The van der Waals surface area contributed by atoms with Gasteiger partial charge in [-0.05, 0) is 41.5 Å². The molecule has 6 nitrogen and oxygen atoms in total. The molecule has 6 heteroatoms. The molecule has 0 aliphatic rings. The zero-order chi connectivity index (χ0) is 19.8. The molecule has 0 aliphatic carbocycles. The van der Waals surface area contributed by atoms with Gasteiger partial charge in [-0.15, -0.1) is 0 Å². The van der Waals surface area contributed by atoms with E-state index in [0.29, 0.717) is 23.4 Å². The van der Waals surface area contributed by atoms with Crippen molar-refractivity contribution in [1.82, 2.24) is 10.8 Å². The summed E-state index contributed by atoms with van der Waals surface area (Å²) < 4.78 is 5.57. The molecule has 0 spiro atoms. The molecule has 0 fully saturated rings. The topological polar surface area (TPSA) is 87.7 Å². The molecule has 0 aliphatic heterocycles. The normalized spacial score (nSPS) is 10.2. The van der Waals surface area contributed by atoms with E-state index in [0.717, 1.165) is 11.1 Å². The highest BCUT2D eigenvalue weighted by Crippen LogP contribution is 2.23. The van der Waals surface area contributed by atoms with E-state index in [1.54, 1.807) is 23.7 Å². The Labute approximate surface area is 162 Å². The summed E-state index contributed by atoms with van der Waals surface area (Å²) in [5.74, 6) is -0.192. The number of hydroxylamine groups is 1. The van der Waals surface area contributed by atoms with Crippen LogP contribution in [0.2, 0.25) is 0 Å². The summed E-state index contributed by atoms with van der Waals surface area (Å²) in [7, 11) is 0. The molecule has 3 N–H and O–H groups in total. The van der Waals surface area contributed by atoms with E-state index in [1.807, 2.05) is 48.5 Å². The maximum atomic E-state index is 12.6. The molecule has 3 aromatic rings. The minimum Gasteiger partial charge on any atom is -0.492 e. The third kappa shape index (κ3) is 4.75. The molecule has 142 valence electrons. The van der Waals surface area contributed by atoms with Crippen LogP contribution in [-0.2, 0) is 0 Å². The van der Waals surface area contributed by atoms with Crippen molar-refractivity contribution in [2.75, 3.05) is 13.2 Å². The molecule has 0 aromatic heterocycles. The van der Waals surface area contributed by atoms with Gasteiger partial charge in [0.2, 0.25) is 0 Å². The van der Waals surface area contributed by atoms with Crippen LogP contribution in [0.15, 0.2) is 78.9 Å². The van der Waals surface area contributed by atoms with E-state index in [-0.39, 0.29) is 12.5 Å². The number of amides is 2. The van der Waals surface area contributed by atoms with Crippen molar-refractivity contribution < 1.29 is 19.5 Å². The fraction of sp³-hybridized carbons (Fsp3) is 0.0909. The van der Waals surface area contributed by atoms with Crippen LogP contribution in [0.5, 0.6) is 5.75 Å². The Morgan fingerprint density at radius 1 is 0.821 bits per heavy atom. The summed E-state index contributed by atoms with van der Waals surface area (Å²) in [5, 5.41) is 11.5.